The van der Waals surface area contributed by atoms with Crippen molar-refractivity contribution in [3.05, 3.63) is 35.4 Å². The molecule has 0 saturated heterocycles. The topological polar surface area (TPSA) is 43.1 Å². The minimum atomic E-state index is -0.942. The fourth-order valence-electron chi connectivity index (χ4n) is 0.949. The first-order valence-corrected chi connectivity index (χ1v) is 3.79. The summed E-state index contributed by atoms with van der Waals surface area (Å²) in [4.78, 5) is 10.8. The molecule has 0 spiro atoms. The molecule has 0 radical (unpaired) electrons. The number of hydrogen-bond acceptors (Lipinski definition) is 2. The second-order valence-corrected chi connectivity index (χ2v) is 2.67. The molecule has 78 valence electrons. The Hall–Kier alpha value is -1.00. The van der Waals surface area contributed by atoms with Crippen LogP contribution in [0.5, 0.6) is 0 Å². The molecule has 1 aromatic carbocycles. The lowest BCUT2D eigenvalue weighted by molar-refractivity contribution is -0.117. The Morgan fingerprint density at radius 2 is 1.93 bits per heavy atom. The van der Waals surface area contributed by atoms with Gasteiger partial charge in [-0.05, 0) is 17.7 Å². The van der Waals surface area contributed by atoms with E-state index in [1.165, 1.54) is 6.07 Å². The van der Waals surface area contributed by atoms with Gasteiger partial charge in [0.25, 0.3) is 0 Å². The first-order chi connectivity index (χ1) is 6.13. The highest BCUT2D eigenvalue weighted by Crippen LogP contribution is 2.09. The molecule has 0 aliphatic heterocycles. The van der Waals surface area contributed by atoms with Crippen LogP contribution in [0.15, 0.2) is 18.2 Å². The molecule has 0 atom stereocenters. The first kappa shape index (κ1) is 13.0. The van der Waals surface area contributed by atoms with E-state index in [9.17, 15) is 13.6 Å². The van der Waals surface area contributed by atoms with Gasteiger partial charge in [-0.3, -0.25) is 4.79 Å². The molecule has 0 saturated carbocycles. The number of benzene rings is 1. The van der Waals surface area contributed by atoms with E-state index in [4.69, 9.17) is 5.73 Å². The van der Waals surface area contributed by atoms with Crippen LogP contribution >= 0.6 is 12.4 Å². The molecule has 14 heavy (non-hydrogen) atoms. The molecule has 2 nitrogen and oxygen atoms in total. The van der Waals surface area contributed by atoms with Crippen LogP contribution in [-0.2, 0) is 11.2 Å². The van der Waals surface area contributed by atoms with Gasteiger partial charge in [0, 0.05) is 6.42 Å². The average molecular weight is 222 g/mol. The Labute approximate surface area is 86.5 Å². The molecule has 0 bridgehead atoms. The molecule has 0 aliphatic carbocycles. The van der Waals surface area contributed by atoms with E-state index in [1.54, 1.807) is 0 Å². The van der Waals surface area contributed by atoms with E-state index in [-0.39, 0.29) is 31.2 Å². The van der Waals surface area contributed by atoms with Gasteiger partial charge in [-0.15, -0.1) is 12.4 Å². The lowest BCUT2D eigenvalue weighted by Gasteiger charge is -1.99. The Bertz CT molecular complexity index is 331. The van der Waals surface area contributed by atoms with Gasteiger partial charge in [0.05, 0.1) is 6.54 Å². The quantitative estimate of drug-likeness (QED) is 0.840. The molecule has 0 fully saturated rings. The van der Waals surface area contributed by atoms with Gasteiger partial charge in [-0.1, -0.05) is 6.07 Å². The lowest BCUT2D eigenvalue weighted by atomic mass is 10.1. The number of rotatable bonds is 3. The van der Waals surface area contributed by atoms with Crippen molar-refractivity contribution >= 4 is 18.2 Å². The maximum Gasteiger partial charge on any atom is 0.159 e. The maximum atomic E-state index is 12.6. The van der Waals surface area contributed by atoms with Crippen LogP contribution < -0.4 is 5.73 Å². The summed E-state index contributed by atoms with van der Waals surface area (Å²) in [6.07, 6.45) is 0.0493. The Morgan fingerprint density at radius 1 is 1.29 bits per heavy atom. The van der Waals surface area contributed by atoms with Crippen LogP contribution in [0.4, 0.5) is 8.78 Å². The zero-order valence-electron chi connectivity index (χ0n) is 7.30. The molecule has 0 unspecified atom stereocenters. The third kappa shape index (κ3) is 3.40. The fraction of sp³-hybridized carbons (Fsp3) is 0.222. The van der Waals surface area contributed by atoms with Crippen molar-refractivity contribution in [1.82, 2.24) is 0 Å². The summed E-state index contributed by atoms with van der Waals surface area (Å²) in [5, 5.41) is 0. The Morgan fingerprint density at radius 3 is 2.43 bits per heavy atom. The molecule has 0 heterocycles. The molecule has 2 N–H and O–H groups in total. The number of nitrogens with two attached hydrogens (primary N) is 1. The van der Waals surface area contributed by atoms with Gasteiger partial charge >= 0.3 is 0 Å². The largest absolute Gasteiger partial charge is 0.324 e. The van der Waals surface area contributed by atoms with Gasteiger partial charge < -0.3 is 5.73 Å². The van der Waals surface area contributed by atoms with E-state index in [2.05, 4.69) is 0 Å². The lowest BCUT2D eigenvalue weighted by Crippen LogP contribution is -2.15. The highest BCUT2D eigenvalue weighted by Gasteiger charge is 2.05. The molecular formula is C9H10ClF2NO. The van der Waals surface area contributed by atoms with Crippen LogP contribution in [0.2, 0.25) is 0 Å². The number of halogens is 3. The summed E-state index contributed by atoms with van der Waals surface area (Å²) in [5.74, 6) is -2.06. The predicted octanol–water partition coefficient (Wildman–Crippen LogP) is 1.46. The van der Waals surface area contributed by atoms with Gasteiger partial charge in [0.1, 0.15) is 0 Å². The zero-order chi connectivity index (χ0) is 9.84. The Balaban J connectivity index is 0.00000169. The second kappa shape index (κ2) is 5.67. The van der Waals surface area contributed by atoms with E-state index in [0.29, 0.717) is 5.56 Å². The van der Waals surface area contributed by atoms with Crippen molar-refractivity contribution in [2.75, 3.05) is 6.54 Å². The average Bonchev–Trinajstić information content (AvgIpc) is 2.11. The monoisotopic (exact) mass is 221 g/mol. The van der Waals surface area contributed by atoms with Crippen LogP contribution in [0.1, 0.15) is 5.56 Å². The molecule has 1 rings (SSSR count). The highest BCUT2D eigenvalue weighted by atomic mass is 35.5. The van der Waals surface area contributed by atoms with Crippen LogP contribution in [0.25, 0.3) is 0 Å². The molecule has 5 heteroatoms. The molecule has 0 aliphatic rings. The summed E-state index contributed by atoms with van der Waals surface area (Å²) >= 11 is 0. The minimum absolute atomic E-state index is 0. The van der Waals surface area contributed by atoms with Crippen molar-refractivity contribution in [2.24, 2.45) is 5.73 Å². The highest BCUT2D eigenvalue weighted by molar-refractivity contribution is 5.85. The molecule has 0 amide bonds. The van der Waals surface area contributed by atoms with Gasteiger partial charge in [0.15, 0.2) is 17.4 Å². The zero-order valence-corrected chi connectivity index (χ0v) is 8.11. The minimum Gasteiger partial charge on any atom is -0.324 e. The van der Waals surface area contributed by atoms with Crippen molar-refractivity contribution in [3.63, 3.8) is 0 Å². The SMILES string of the molecule is Cl.NCC(=O)Cc1ccc(F)c(F)c1. The van der Waals surface area contributed by atoms with E-state index in [0.717, 1.165) is 12.1 Å². The van der Waals surface area contributed by atoms with E-state index < -0.39 is 11.6 Å². The van der Waals surface area contributed by atoms with Gasteiger partial charge in [-0.25, -0.2) is 8.78 Å². The number of ketones is 1. The van der Waals surface area contributed by atoms with Crippen LogP contribution in [0.3, 0.4) is 0 Å². The molecular weight excluding hydrogens is 212 g/mol. The van der Waals surface area contributed by atoms with E-state index >= 15 is 0 Å². The summed E-state index contributed by atoms with van der Waals surface area (Å²) in [5.41, 5.74) is 5.51. The van der Waals surface area contributed by atoms with Crippen LogP contribution in [-0.4, -0.2) is 12.3 Å². The number of carbonyl (C=O) groups is 1. The Kier molecular flexibility index (Phi) is 5.27. The van der Waals surface area contributed by atoms with Crippen molar-refractivity contribution in [3.8, 4) is 0 Å². The number of Topliss-reactive ketones (excluding diaryl/α,β-unsaturated/α-hetero) is 1. The summed E-state index contributed by atoms with van der Waals surface area (Å²) in [7, 11) is 0. The van der Waals surface area contributed by atoms with Crippen molar-refractivity contribution in [2.45, 2.75) is 6.42 Å². The first-order valence-electron chi connectivity index (χ1n) is 3.79. The molecule has 1 aromatic rings. The van der Waals surface area contributed by atoms with Crippen molar-refractivity contribution < 1.29 is 13.6 Å². The van der Waals surface area contributed by atoms with Crippen LogP contribution in [0, 0.1) is 11.6 Å². The maximum absolute atomic E-state index is 12.6. The summed E-state index contributed by atoms with van der Waals surface area (Å²) in [6.45, 7) is -0.0843. The standard InChI is InChI=1S/C9H9F2NO.ClH/c10-8-2-1-6(4-9(8)11)3-7(13)5-12;/h1-2,4H,3,5,12H2;1H. The fourth-order valence-corrected chi connectivity index (χ4v) is 0.949. The summed E-state index contributed by atoms with van der Waals surface area (Å²) in [6, 6.07) is 3.36. The van der Waals surface area contributed by atoms with E-state index in [1.807, 2.05) is 0 Å². The molecule has 0 aromatic heterocycles. The van der Waals surface area contributed by atoms with Crippen molar-refractivity contribution in [1.29, 1.82) is 0 Å². The van der Waals surface area contributed by atoms with Gasteiger partial charge in [-0.2, -0.15) is 0 Å². The third-order valence-electron chi connectivity index (χ3n) is 1.61. The smallest absolute Gasteiger partial charge is 0.159 e. The number of carbonyl (C=O) groups excluding carboxylic acids is 1. The third-order valence-corrected chi connectivity index (χ3v) is 1.61. The normalized spacial score (nSPS) is 9.36. The number of hydrogen-bond donors (Lipinski definition) is 1. The summed E-state index contributed by atoms with van der Waals surface area (Å²) < 4.78 is 25.0. The second-order valence-electron chi connectivity index (χ2n) is 2.67. The predicted molar refractivity (Wildman–Crippen MR) is 51.4 cm³/mol. The van der Waals surface area contributed by atoms with Gasteiger partial charge in [0.2, 0.25) is 0 Å².